The Bertz CT molecular complexity index is 222. The van der Waals surface area contributed by atoms with E-state index in [4.69, 9.17) is 19.9 Å². The Morgan fingerprint density at radius 1 is 1.41 bits per heavy atom. The fraction of sp³-hybridized carbons (Fsp3) is 1.00. The fourth-order valence-corrected chi connectivity index (χ4v) is 2.67. The van der Waals surface area contributed by atoms with E-state index >= 15 is 0 Å². The monoisotopic (exact) mass is 244 g/mol. The van der Waals surface area contributed by atoms with Gasteiger partial charge in [0, 0.05) is 32.8 Å². The number of hydrogen-bond donors (Lipinski definition) is 1. The van der Waals surface area contributed by atoms with Gasteiger partial charge >= 0.3 is 0 Å². The summed E-state index contributed by atoms with van der Waals surface area (Å²) in [6.07, 6.45) is 3.79. The maximum Gasteiger partial charge on any atom is 0.147 e. The molecule has 5 nitrogen and oxygen atoms in total. The van der Waals surface area contributed by atoms with E-state index in [1.54, 1.807) is 7.11 Å². The molecule has 5 heteroatoms. The topological polar surface area (TPSA) is 57.0 Å². The minimum Gasteiger partial charge on any atom is -0.381 e. The molecule has 0 radical (unpaired) electrons. The molecule has 2 aliphatic heterocycles. The van der Waals surface area contributed by atoms with Crippen molar-refractivity contribution in [2.24, 2.45) is 5.73 Å². The zero-order valence-electron chi connectivity index (χ0n) is 10.6. The van der Waals surface area contributed by atoms with Crippen molar-refractivity contribution in [1.29, 1.82) is 0 Å². The number of methoxy groups -OCH3 is 1. The second-order valence-corrected chi connectivity index (χ2v) is 4.87. The summed E-state index contributed by atoms with van der Waals surface area (Å²) in [6, 6.07) is 0.431. The summed E-state index contributed by atoms with van der Waals surface area (Å²) >= 11 is 0. The fourth-order valence-electron chi connectivity index (χ4n) is 2.67. The van der Waals surface area contributed by atoms with Crippen LogP contribution in [0.2, 0.25) is 0 Å². The lowest BCUT2D eigenvalue weighted by molar-refractivity contribution is -0.149. The smallest absolute Gasteiger partial charge is 0.147 e. The Morgan fingerprint density at radius 3 is 2.94 bits per heavy atom. The lowest BCUT2D eigenvalue weighted by atomic mass is 9.98. The van der Waals surface area contributed by atoms with Gasteiger partial charge in [0.05, 0.1) is 18.8 Å². The highest BCUT2D eigenvalue weighted by atomic mass is 16.7. The standard InChI is InChI=1S/C12H24N2O3/c1-15-11-2-4-14(10(6-11)7-13)8-12-3-5-16-9-17-12/h10-12H,2-9,13H2,1H3. The van der Waals surface area contributed by atoms with Crippen molar-refractivity contribution in [2.75, 3.05) is 40.1 Å². The summed E-state index contributed by atoms with van der Waals surface area (Å²) in [6.45, 7) is 3.98. The molecule has 2 aliphatic rings. The summed E-state index contributed by atoms with van der Waals surface area (Å²) < 4.78 is 16.2. The molecule has 0 aliphatic carbocycles. The third-order valence-electron chi connectivity index (χ3n) is 3.80. The third kappa shape index (κ3) is 3.63. The maximum atomic E-state index is 5.85. The zero-order valence-corrected chi connectivity index (χ0v) is 10.6. The van der Waals surface area contributed by atoms with Crippen molar-refractivity contribution in [2.45, 2.75) is 37.5 Å². The van der Waals surface area contributed by atoms with Gasteiger partial charge in [-0.3, -0.25) is 4.90 Å². The number of likely N-dealkylation sites (tertiary alicyclic amines) is 1. The molecule has 2 fully saturated rings. The number of hydrogen-bond acceptors (Lipinski definition) is 5. The van der Waals surface area contributed by atoms with Crippen LogP contribution in [0.25, 0.3) is 0 Å². The molecule has 17 heavy (non-hydrogen) atoms. The lowest BCUT2D eigenvalue weighted by Crippen LogP contribution is -2.51. The maximum absolute atomic E-state index is 5.85. The summed E-state index contributed by atoms with van der Waals surface area (Å²) in [5.41, 5.74) is 5.85. The molecule has 0 saturated carbocycles. The van der Waals surface area contributed by atoms with Crippen LogP contribution < -0.4 is 5.73 Å². The van der Waals surface area contributed by atoms with Crippen molar-refractivity contribution in [1.82, 2.24) is 4.90 Å². The third-order valence-corrected chi connectivity index (χ3v) is 3.80. The number of nitrogens with zero attached hydrogens (tertiary/aromatic N) is 1. The minimum atomic E-state index is 0.303. The average Bonchev–Trinajstić information content (AvgIpc) is 2.40. The highest BCUT2D eigenvalue weighted by Gasteiger charge is 2.29. The number of nitrogens with two attached hydrogens (primary N) is 1. The van der Waals surface area contributed by atoms with Crippen LogP contribution in [-0.4, -0.2) is 63.3 Å². The van der Waals surface area contributed by atoms with Gasteiger partial charge in [-0.2, -0.15) is 0 Å². The van der Waals surface area contributed by atoms with E-state index in [2.05, 4.69) is 4.90 Å². The Labute approximate surface area is 103 Å². The summed E-state index contributed by atoms with van der Waals surface area (Å²) in [7, 11) is 1.79. The van der Waals surface area contributed by atoms with Gasteiger partial charge in [0.25, 0.3) is 0 Å². The Balaban J connectivity index is 1.82. The van der Waals surface area contributed by atoms with Crippen LogP contribution in [0.3, 0.4) is 0 Å². The first-order chi connectivity index (χ1) is 8.33. The molecule has 0 bridgehead atoms. The van der Waals surface area contributed by atoms with Crippen LogP contribution in [0.4, 0.5) is 0 Å². The molecule has 0 aromatic heterocycles. The molecule has 0 amide bonds. The van der Waals surface area contributed by atoms with Crippen LogP contribution in [0.5, 0.6) is 0 Å². The van der Waals surface area contributed by atoms with E-state index < -0.39 is 0 Å². The van der Waals surface area contributed by atoms with E-state index in [9.17, 15) is 0 Å². The highest BCUT2D eigenvalue weighted by molar-refractivity contribution is 4.84. The van der Waals surface area contributed by atoms with Crippen molar-refractivity contribution >= 4 is 0 Å². The highest BCUT2D eigenvalue weighted by Crippen LogP contribution is 2.20. The number of ether oxygens (including phenoxy) is 3. The van der Waals surface area contributed by atoms with Crippen LogP contribution >= 0.6 is 0 Å². The SMILES string of the molecule is COC1CCN(CC2CCOCO2)C(CN)C1. The van der Waals surface area contributed by atoms with Crippen molar-refractivity contribution in [3.05, 3.63) is 0 Å². The predicted octanol–water partition coefficient (Wildman–Crippen LogP) is 0.188. The van der Waals surface area contributed by atoms with Gasteiger partial charge in [-0.25, -0.2) is 0 Å². The lowest BCUT2D eigenvalue weighted by Gasteiger charge is -2.40. The molecular formula is C12H24N2O3. The van der Waals surface area contributed by atoms with E-state index in [1.807, 2.05) is 0 Å². The molecule has 2 heterocycles. The molecule has 2 N–H and O–H groups in total. The van der Waals surface area contributed by atoms with Crippen LogP contribution in [0.1, 0.15) is 19.3 Å². The van der Waals surface area contributed by atoms with E-state index in [1.165, 1.54) is 0 Å². The van der Waals surface area contributed by atoms with Crippen molar-refractivity contribution in [3.8, 4) is 0 Å². The molecule has 0 aromatic carbocycles. The van der Waals surface area contributed by atoms with Crippen molar-refractivity contribution < 1.29 is 14.2 Å². The molecule has 0 spiro atoms. The van der Waals surface area contributed by atoms with E-state index in [-0.39, 0.29) is 0 Å². The van der Waals surface area contributed by atoms with Gasteiger partial charge < -0.3 is 19.9 Å². The average molecular weight is 244 g/mol. The number of rotatable bonds is 4. The minimum absolute atomic E-state index is 0.303. The van der Waals surface area contributed by atoms with Crippen LogP contribution in [0.15, 0.2) is 0 Å². The Kier molecular flexibility index (Phi) is 5.18. The van der Waals surface area contributed by atoms with Gasteiger partial charge in [-0.05, 0) is 19.3 Å². The van der Waals surface area contributed by atoms with Gasteiger partial charge in [0.2, 0.25) is 0 Å². The normalized spacial score (nSPS) is 36.0. The Hall–Kier alpha value is -0.200. The first kappa shape index (κ1) is 13.2. The van der Waals surface area contributed by atoms with Gasteiger partial charge in [0.15, 0.2) is 0 Å². The Morgan fingerprint density at radius 2 is 2.29 bits per heavy atom. The quantitative estimate of drug-likeness (QED) is 0.765. The first-order valence-electron chi connectivity index (χ1n) is 6.49. The van der Waals surface area contributed by atoms with Crippen LogP contribution in [-0.2, 0) is 14.2 Å². The van der Waals surface area contributed by atoms with E-state index in [0.29, 0.717) is 31.6 Å². The largest absolute Gasteiger partial charge is 0.381 e. The summed E-state index contributed by atoms with van der Waals surface area (Å²) in [4.78, 5) is 2.45. The zero-order chi connectivity index (χ0) is 12.1. The van der Waals surface area contributed by atoms with Gasteiger partial charge in [0.1, 0.15) is 6.79 Å². The molecule has 2 rings (SSSR count). The summed E-state index contributed by atoms with van der Waals surface area (Å²) in [5, 5.41) is 0. The summed E-state index contributed by atoms with van der Waals surface area (Å²) in [5.74, 6) is 0. The first-order valence-corrected chi connectivity index (χ1v) is 6.49. The van der Waals surface area contributed by atoms with Gasteiger partial charge in [-0.1, -0.05) is 0 Å². The second-order valence-electron chi connectivity index (χ2n) is 4.87. The van der Waals surface area contributed by atoms with Gasteiger partial charge in [-0.15, -0.1) is 0 Å². The predicted molar refractivity (Wildman–Crippen MR) is 64.8 cm³/mol. The molecule has 0 aromatic rings. The molecule has 3 atom stereocenters. The van der Waals surface area contributed by atoms with E-state index in [0.717, 1.165) is 39.0 Å². The second kappa shape index (κ2) is 6.66. The number of piperidine rings is 1. The van der Waals surface area contributed by atoms with Crippen molar-refractivity contribution in [3.63, 3.8) is 0 Å². The van der Waals surface area contributed by atoms with Crippen LogP contribution in [0, 0.1) is 0 Å². The molecule has 2 saturated heterocycles. The molecular weight excluding hydrogens is 220 g/mol. The molecule has 3 unspecified atom stereocenters. The molecule has 100 valence electrons.